The molecule has 0 saturated carbocycles. The van der Waals surface area contributed by atoms with Gasteiger partial charge in [-0.15, -0.1) is 0 Å². The standard InChI is InChI=1S/C22H30ClN5O6S/c1-21(2,3)33-18(29)10-16(19(30)34-22(4,5)6)27-35(31,32)14-7-8-15-13(9-14)11-26-12-17(15)28(23)20(24)25/h7-9,11-12,16,27H,10H2,1-6H3,(H3,24,25)/t16-/m1/s1. The highest BCUT2D eigenvalue weighted by Gasteiger charge is 2.33. The van der Waals surface area contributed by atoms with Gasteiger partial charge in [-0.1, -0.05) is 6.07 Å². The van der Waals surface area contributed by atoms with Gasteiger partial charge in [0.1, 0.15) is 17.2 Å². The lowest BCUT2D eigenvalue weighted by atomic mass is 10.1. The average Bonchev–Trinajstić information content (AvgIpc) is 2.69. The Bertz CT molecular complexity index is 1240. The molecule has 1 aromatic carbocycles. The maximum Gasteiger partial charge on any atom is 0.325 e. The Morgan fingerprint density at radius 3 is 2.29 bits per heavy atom. The highest BCUT2D eigenvalue weighted by molar-refractivity contribution is 7.89. The molecule has 0 spiro atoms. The van der Waals surface area contributed by atoms with Gasteiger partial charge in [0.2, 0.25) is 16.0 Å². The molecule has 35 heavy (non-hydrogen) atoms. The summed E-state index contributed by atoms with van der Waals surface area (Å²) in [6.45, 7) is 9.84. The van der Waals surface area contributed by atoms with Crippen molar-refractivity contribution in [1.29, 1.82) is 5.41 Å². The van der Waals surface area contributed by atoms with Crippen LogP contribution in [0.15, 0.2) is 35.5 Å². The van der Waals surface area contributed by atoms with Gasteiger partial charge >= 0.3 is 11.9 Å². The number of fused-ring (bicyclic) bond motifs is 1. The predicted molar refractivity (Wildman–Crippen MR) is 132 cm³/mol. The third kappa shape index (κ3) is 8.05. The normalized spacial score (nSPS) is 13.2. The van der Waals surface area contributed by atoms with Crippen molar-refractivity contribution in [2.45, 2.75) is 70.1 Å². The average molecular weight is 528 g/mol. The van der Waals surface area contributed by atoms with Crippen LogP contribution in [0.1, 0.15) is 48.0 Å². The monoisotopic (exact) mass is 527 g/mol. The first-order chi connectivity index (χ1) is 15.9. The van der Waals surface area contributed by atoms with Crippen LogP contribution in [0, 0.1) is 5.41 Å². The largest absolute Gasteiger partial charge is 0.460 e. The van der Waals surface area contributed by atoms with Crippen LogP contribution in [0.4, 0.5) is 5.69 Å². The molecule has 0 aliphatic carbocycles. The lowest BCUT2D eigenvalue weighted by molar-refractivity contribution is -0.164. The second-order valence-electron chi connectivity index (χ2n) is 9.71. The van der Waals surface area contributed by atoms with E-state index in [-0.39, 0.29) is 10.6 Å². The van der Waals surface area contributed by atoms with Crippen molar-refractivity contribution >= 4 is 56.2 Å². The van der Waals surface area contributed by atoms with Crippen molar-refractivity contribution in [2.75, 3.05) is 4.42 Å². The van der Waals surface area contributed by atoms with Gasteiger partial charge in [-0.2, -0.15) is 4.72 Å². The molecule has 0 aliphatic heterocycles. The van der Waals surface area contributed by atoms with Gasteiger partial charge in [0.15, 0.2) is 0 Å². The van der Waals surface area contributed by atoms with Gasteiger partial charge < -0.3 is 15.2 Å². The molecule has 4 N–H and O–H groups in total. The summed E-state index contributed by atoms with van der Waals surface area (Å²) in [7, 11) is -4.29. The Kier molecular flexibility index (Phi) is 8.36. The van der Waals surface area contributed by atoms with Crippen LogP contribution in [0.25, 0.3) is 10.8 Å². The van der Waals surface area contributed by atoms with E-state index in [4.69, 9.17) is 32.4 Å². The van der Waals surface area contributed by atoms with E-state index in [1.807, 2.05) is 0 Å². The van der Waals surface area contributed by atoms with E-state index in [0.29, 0.717) is 10.8 Å². The van der Waals surface area contributed by atoms with Gasteiger partial charge in [-0.05, 0) is 53.7 Å². The van der Waals surface area contributed by atoms with E-state index in [2.05, 4.69) is 9.71 Å². The third-order valence-corrected chi connectivity index (χ3v) is 6.06. The molecule has 0 fully saturated rings. The number of esters is 2. The van der Waals surface area contributed by atoms with Gasteiger partial charge in [0.25, 0.3) is 0 Å². The maximum absolute atomic E-state index is 13.2. The number of ether oxygens (including phenoxy) is 2. The minimum atomic E-state index is -4.29. The number of aromatic nitrogens is 1. The molecule has 0 bridgehead atoms. The van der Waals surface area contributed by atoms with E-state index in [0.717, 1.165) is 4.42 Å². The van der Waals surface area contributed by atoms with E-state index < -0.39 is 51.6 Å². The zero-order valence-corrected chi connectivity index (χ0v) is 22.0. The topological polar surface area (TPSA) is 165 Å². The molecule has 0 radical (unpaired) electrons. The molecule has 1 heterocycles. The third-order valence-electron chi connectivity index (χ3n) is 4.22. The van der Waals surface area contributed by atoms with Crippen LogP contribution in [0.5, 0.6) is 0 Å². The summed E-state index contributed by atoms with van der Waals surface area (Å²) >= 11 is 6.02. The lowest BCUT2D eigenvalue weighted by Crippen LogP contribution is -2.46. The number of nitrogens with two attached hydrogens (primary N) is 1. The molecule has 11 nitrogen and oxygen atoms in total. The number of halogens is 1. The quantitative estimate of drug-likeness (QED) is 0.212. The van der Waals surface area contributed by atoms with Gasteiger partial charge in [0, 0.05) is 28.7 Å². The molecule has 1 atom stereocenters. The lowest BCUT2D eigenvalue weighted by Gasteiger charge is -2.25. The first-order valence-corrected chi connectivity index (χ1v) is 12.4. The fraction of sp³-hybridized carbons (Fsp3) is 0.455. The molecular weight excluding hydrogens is 498 g/mol. The van der Waals surface area contributed by atoms with E-state index in [1.54, 1.807) is 41.5 Å². The van der Waals surface area contributed by atoms with Gasteiger partial charge in [-0.3, -0.25) is 20.0 Å². The van der Waals surface area contributed by atoms with Crippen molar-refractivity contribution in [2.24, 2.45) is 5.73 Å². The van der Waals surface area contributed by atoms with Crippen LogP contribution in [-0.2, 0) is 29.1 Å². The number of rotatable bonds is 7. The fourth-order valence-electron chi connectivity index (χ4n) is 2.94. The van der Waals surface area contributed by atoms with Crippen molar-refractivity contribution < 1.29 is 27.5 Å². The molecule has 0 amide bonds. The summed E-state index contributed by atoms with van der Waals surface area (Å²) in [5.41, 5.74) is 3.97. The van der Waals surface area contributed by atoms with Crippen molar-refractivity contribution in [1.82, 2.24) is 9.71 Å². The predicted octanol–water partition coefficient (Wildman–Crippen LogP) is 2.81. The van der Waals surface area contributed by atoms with Crippen LogP contribution >= 0.6 is 11.8 Å². The Balaban J connectivity index is 2.41. The Labute approximate surface area is 209 Å². The first-order valence-electron chi connectivity index (χ1n) is 10.5. The molecule has 1 aromatic heterocycles. The number of guanidine groups is 1. The van der Waals surface area contributed by atoms with Crippen molar-refractivity contribution in [3.63, 3.8) is 0 Å². The Morgan fingerprint density at radius 2 is 1.74 bits per heavy atom. The number of pyridine rings is 1. The fourth-order valence-corrected chi connectivity index (χ4v) is 4.30. The minimum Gasteiger partial charge on any atom is -0.460 e. The second-order valence-corrected chi connectivity index (χ2v) is 11.8. The number of hydrogen-bond donors (Lipinski definition) is 3. The van der Waals surface area contributed by atoms with Crippen molar-refractivity contribution in [3.8, 4) is 0 Å². The summed E-state index contributed by atoms with van der Waals surface area (Å²) in [4.78, 5) is 28.9. The first kappa shape index (κ1) is 28.3. The molecule has 2 rings (SSSR count). The van der Waals surface area contributed by atoms with Crippen LogP contribution < -0.4 is 14.9 Å². The van der Waals surface area contributed by atoms with Crippen LogP contribution in [0.3, 0.4) is 0 Å². The smallest absolute Gasteiger partial charge is 0.325 e. The summed E-state index contributed by atoms with van der Waals surface area (Å²) in [5, 5.41) is 8.38. The number of benzene rings is 1. The van der Waals surface area contributed by atoms with Gasteiger partial charge in [-0.25, -0.2) is 12.8 Å². The molecule has 2 aromatic rings. The summed E-state index contributed by atoms with van der Waals surface area (Å²) in [6.07, 6.45) is 2.22. The maximum atomic E-state index is 13.2. The van der Waals surface area contributed by atoms with Crippen LogP contribution in [0.2, 0.25) is 0 Å². The number of anilines is 1. The van der Waals surface area contributed by atoms with E-state index >= 15 is 0 Å². The number of nitrogens with one attached hydrogen (secondary N) is 2. The highest BCUT2D eigenvalue weighted by Crippen LogP contribution is 2.29. The van der Waals surface area contributed by atoms with Crippen LogP contribution in [-0.4, -0.2) is 48.5 Å². The van der Waals surface area contributed by atoms with Gasteiger partial charge in [0.05, 0.1) is 23.2 Å². The Morgan fingerprint density at radius 1 is 1.14 bits per heavy atom. The summed E-state index contributed by atoms with van der Waals surface area (Å²) in [5.74, 6) is -2.13. The summed E-state index contributed by atoms with van der Waals surface area (Å²) in [6, 6.07) is 2.55. The molecule has 192 valence electrons. The van der Waals surface area contributed by atoms with E-state index in [9.17, 15) is 18.0 Å². The number of carbonyl (C=O) groups is 2. The molecule has 0 unspecified atom stereocenters. The summed E-state index contributed by atoms with van der Waals surface area (Å²) < 4.78 is 40.0. The Hall–Kier alpha value is -2.96. The second kappa shape index (κ2) is 10.3. The molecular formula is C22H30ClN5O6S. The number of nitrogens with zero attached hydrogens (tertiary/aromatic N) is 2. The number of sulfonamides is 1. The molecule has 0 aliphatic rings. The van der Waals surface area contributed by atoms with E-state index in [1.165, 1.54) is 30.6 Å². The minimum absolute atomic E-state index is 0.189. The number of hydrogen-bond acceptors (Lipinski definition) is 8. The SMILES string of the molecule is CC(C)(C)OC(=O)C[C@@H](NS(=O)(=O)c1ccc2c(N(Cl)C(=N)N)cncc2c1)C(=O)OC(C)(C)C. The molecule has 0 saturated heterocycles. The number of carbonyl (C=O) groups excluding carboxylic acids is 2. The highest BCUT2D eigenvalue weighted by atomic mass is 35.5. The molecule has 13 heteroatoms. The zero-order chi connectivity index (χ0) is 26.8. The zero-order valence-electron chi connectivity index (χ0n) is 20.4. The van der Waals surface area contributed by atoms with Crippen molar-refractivity contribution in [3.05, 3.63) is 30.6 Å².